The lowest BCUT2D eigenvalue weighted by atomic mass is 10.2. The average molecular weight is 371 g/mol. The Hall–Kier alpha value is -4.13. The zero-order valence-corrected chi connectivity index (χ0v) is 14.8. The molecule has 7 nitrogen and oxygen atoms in total. The Morgan fingerprint density at radius 2 is 1.07 bits per heavy atom. The van der Waals surface area contributed by atoms with Crippen molar-refractivity contribution in [3.8, 4) is 0 Å². The van der Waals surface area contributed by atoms with Crippen molar-refractivity contribution in [1.82, 2.24) is 15.8 Å². The number of carbonyl (C=O) groups excluding carboxylic acids is 2. The number of nitrogens with zero attached hydrogens (tertiary/aromatic N) is 3. The predicted octanol–water partition coefficient (Wildman–Crippen LogP) is 2.61. The molecule has 0 saturated carbocycles. The van der Waals surface area contributed by atoms with Gasteiger partial charge in [-0.25, -0.2) is 15.8 Å². The summed E-state index contributed by atoms with van der Waals surface area (Å²) in [5, 5.41) is 7.81. The summed E-state index contributed by atoms with van der Waals surface area (Å²) in [7, 11) is 0. The van der Waals surface area contributed by atoms with E-state index in [4.69, 9.17) is 0 Å². The van der Waals surface area contributed by atoms with Crippen molar-refractivity contribution in [3.63, 3.8) is 0 Å². The van der Waals surface area contributed by atoms with Crippen LogP contribution in [0.4, 0.5) is 0 Å². The number of hydrazone groups is 2. The van der Waals surface area contributed by atoms with Gasteiger partial charge in [-0.05, 0) is 36.4 Å². The van der Waals surface area contributed by atoms with Crippen LogP contribution in [0.25, 0.3) is 0 Å². The highest BCUT2D eigenvalue weighted by Crippen LogP contribution is 1.99. The van der Waals surface area contributed by atoms with E-state index in [0.29, 0.717) is 22.5 Å². The monoisotopic (exact) mass is 371 g/mol. The lowest BCUT2D eigenvalue weighted by molar-refractivity contribution is 0.0947. The van der Waals surface area contributed by atoms with Crippen LogP contribution in [-0.4, -0.2) is 29.2 Å². The number of carbonyl (C=O) groups is 2. The third kappa shape index (κ3) is 5.43. The summed E-state index contributed by atoms with van der Waals surface area (Å²) in [5.74, 6) is -0.614. The van der Waals surface area contributed by atoms with Crippen LogP contribution < -0.4 is 10.9 Å². The van der Waals surface area contributed by atoms with Gasteiger partial charge >= 0.3 is 0 Å². The van der Waals surface area contributed by atoms with Crippen molar-refractivity contribution in [2.24, 2.45) is 10.2 Å². The molecule has 0 aliphatic carbocycles. The Morgan fingerprint density at radius 3 is 1.50 bits per heavy atom. The van der Waals surface area contributed by atoms with Crippen LogP contribution in [0.5, 0.6) is 0 Å². The van der Waals surface area contributed by atoms with E-state index in [0.717, 1.165) is 0 Å². The minimum atomic E-state index is -0.307. The topological polar surface area (TPSA) is 95.8 Å². The minimum Gasteiger partial charge on any atom is -0.267 e. The molecule has 2 N–H and O–H groups in total. The van der Waals surface area contributed by atoms with Crippen LogP contribution in [0.15, 0.2) is 89.1 Å². The van der Waals surface area contributed by atoms with E-state index < -0.39 is 0 Å². The molecule has 0 unspecified atom stereocenters. The van der Waals surface area contributed by atoms with Crippen LogP contribution in [0.2, 0.25) is 0 Å². The Labute approximate surface area is 161 Å². The van der Waals surface area contributed by atoms with E-state index in [2.05, 4.69) is 26.0 Å². The number of hydrogen-bond donors (Lipinski definition) is 2. The molecule has 0 aliphatic heterocycles. The fraction of sp³-hybridized carbons (Fsp3) is 0. The van der Waals surface area contributed by atoms with Gasteiger partial charge in [0.15, 0.2) is 0 Å². The number of hydrogen-bond acceptors (Lipinski definition) is 5. The first-order valence-corrected chi connectivity index (χ1v) is 8.46. The van der Waals surface area contributed by atoms with Crippen LogP contribution in [0, 0.1) is 0 Å². The highest BCUT2D eigenvalue weighted by atomic mass is 16.2. The van der Waals surface area contributed by atoms with Gasteiger partial charge in [0.25, 0.3) is 11.8 Å². The summed E-state index contributed by atoms with van der Waals surface area (Å²) in [6, 6.07) is 22.8. The third-order valence-electron chi connectivity index (χ3n) is 3.59. The molecule has 1 heterocycles. The van der Waals surface area contributed by atoms with Gasteiger partial charge in [0.05, 0.1) is 23.8 Å². The fourth-order valence-electron chi connectivity index (χ4n) is 2.23. The molecule has 0 fully saturated rings. The van der Waals surface area contributed by atoms with E-state index >= 15 is 0 Å². The first kappa shape index (κ1) is 18.7. The first-order valence-electron chi connectivity index (χ1n) is 8.46. The van der Waals surface area contributed by atoms with E-state index in [1.54, 1.807) is 66.7 Å². The molecule has 0 saturated heterocycles. The number of rotatable bonds is 6. The second kappa shape index (κ2) is 9.54. The van der Waals surface area contributed by atoms with Gasteiger partial charge in [-0.2, -0.15) is 10.2 Å². The smallest absolute Gasteiger partial charge is 0.267 e. The van der Waals surface area contributed by atoms with Crippen molar-refractivity contribution in [2.45, 2.75) is 0 Å². The average Bonchev–Trinajstić information content (AvgIpc) is 2.75. The summed E-state index contributed by atoms with van der Waals surface area (Å²) < 4.78 is 0. The van der Waals surface area contributed by atoms with Crippen LogP contribution in [0.1, 0.15) is 32.1 Å². The maximum atomic E-state index is 11.9. The second-order valence-electron chi connectivity index (χ2n) is 5.62. The molecule has 2 aromatic carbocycles. The zero-order valence-electron chi connectivity index (χ0n) is 14.8. The third-order valence-corrected chi connectivity index (χ3v) is 3.59. The van der Waals surface area contributed by atoms with E-state index in [1.807, 2.05) is 12.1 Å². The van der Waals surface area contributed by atoms with Gasteiger partial charge in [-0.3, -0.25) is 9.59 Å². The molecule has 28 heavy (non-hydrogen) atoms. The van der Waals surface area contributed by atoms with Crippen LogP contribution in [-0.2, 0) is 0 Å². The van der Waals surface area contributed by atoms with Gasteiger partial charge in [0.1, 0.15) is 0 Å². The molecule has 1 aromatic heterocycles. The first-order chi connectivity index (χ1) is 13.7. The normalized spacial score (nSPS) is 10.9. The number of nitrogens with one attached hydrogen (secondary N) is 2. The van der Waals surface area contributed by atoms with Crippen molar-refractivity contribution in [2.75, 3.05) is 0 Å². The number of amides is 2. The molecule has 7 heteroatoms. The van der Waals surface area contributed by atoms with Crippen molar-refractivity contribution in [1.29, 1.82) is 0 Å². The quantitative estimate of drug-likeness (QED) is 0.515. The standard InChI is InChI=1S/C21H17N5O2/c27-20(16-8-3-1-4-9-16)25-22-14-18-12-7-13-19(24-18)15-23-26-21(28)17-10-5-2-6-11-17/h1-15H,(H,25,27)(H,26,28)/b22-14-,23-15+. The molecule has 138 valence electrons. The number of pyridine rings is 1. The molecule has 3 rings (SSSR count). The van der Waals surface area contributed by atoms with E-state index in [9.17, 15) is 9.59 Å². The minimum absolute atomic E-state index is 0.307. The van der Waals surface area contributed by atoms with Crippen molar-refractivity contribution < 1.29 is 9.59 Å². The maximum absolute atomic E-state index is 11.9. The maximum Gasteiger partial charge on any atom is 0.271 e. The largest absolute Gasteiger partial charge is 0.271 e. The highest BCUT2D eigenvalue weighted by molar-refractivity contribution is 5.95. The number of benzene rings is 2. The van der Waals surface area contributed by atoms with Gasteiger partial charge in [0, 0.05) is 11.1 Å². The summed E-state index contributed by atoms with van der Waals surface area (Å²) in [5.41, 5.74) is 6.99. The SMILES string of the molecule is O=C(N/N=C\c1cccc(/C=N/NC(=O)c2ccccc2)n1)c1ccccc1. The molecule has 0 bridgehead atoms. The van der Waals surface area contributed by atoms with Gasteiger partial charge in [0.2, 0.25) is 0 Å². The highest BCUT2D eigenvalue weighted by Gasteiger charge is 2.03. The summed E-state index contributed by atoms with van der Waals surface area (Å²) in [4.78, 5) is 28.1. The lowest BCUT2D eigenvalue weighted by Gasteiger charge is -2.00. The Balaban J connectivity index is 1.56. The molecule has 0 radical (unpaired) electrons. The van der Waals surface area contributed by atoms with Crippen LogP contribution >= 0.6 is 0 Å². The zero-order chi connectivity index (χ0) is 19.6. The fourth-order valence-corrected chi connectivity index (χ4v) is 2.23. The molecule has 0 atom stereocenters. The van der Waals surface area contributed by atoms with Gasteiger partial charge < -0.3 is 0 Å². The molecule has 3 aromatic rings. The van der Waals surface area contributed by atoms with Gasteiger partial charge in [-0.1, -0.05) is 42.5 Å². The molecular weight excluding hydrogens is 354 g/mol. The Bertz CT molecular complexity index is 923. The van der Waals surface area contributed by atoms with E-state index in [1.165, 1.54) is 12.4 Å². The second-order valence-corrected chi connectivity index (χ2v) is 5.62. The molecule has 2 amide bonds. The van der Waals surface area contributed by atoms with Gasteiger partial charge in [-0.15, -0.1) is 0 Å². The molecule has 0 spiro atoms. The lowest BCUT2D eigenvalue weighted by Crippen LogP contribution is -2.17. The van der Waals surface area contributed by atoms with Crippen molar-refractivity contribution in [3.05, 3.63) is 101 Å². The summed E-state index contributed by atoms with van der Waals surface area (Å²) >= 11 is 0. The molecular formula is C21H17N5O2. The molecule has 0 aliphatic rings. The Kier molecular flexibility index (Phi) is 6.35. The number of aromatic nitrogens is 1. The Morgan fingerprint density at radius 1 is 0.643 bits per heavy atom. The van der Waals surface area contributed by atoms with Crippen LogP contribution in [0.3, 0.4) is 0 Å². The summed E-state index contributed by atoms with van der Waals surface area (Å²) in [6.45, 7) is 0. The van der Waals surface area contributed by atoms with E-state index in [-0.39, 0.29) is 11.8 Å². The summed E-state index contributed by atoms with van der Waals surface area (Å²) in [6.07, 6.45) is 2.86. The predicted molar refractivity (Wildman–Crippen MR) is 107 cm³/mol. The van der Waals surface area contributed by atoms with Crippen molar-refractivity contribution >= 4 is 24.2 Å².